The standard InChI is InChI=1S/C53H33BrN2/c54-36-23-27-43-41-16-6-9-19-47(41)53(49(43)31-36)48-20-10-7-17-42(48)44-28-25-39(32-50(44)53)55(38-24-22-34-12-4-5-13-35(34)30-38)40-26-29-46-45-18-8-11-21-51(45)56(52(46)33-40)37-14-2-1-3-15-37/h1-33H. The second-order valence-corrected chi connectivity index (χ2v) is 15.9. The van der Waals surface area contributed by atoms with E-state index in [1.807, 2.05) is 0 Å². The normalized spacial score (nSPS) is 14.9. The van der Waals surface area contributed by atoms with Gasteiger partial charge < -0.3 is 9.47 Å². The highest BCUT2D eigenvalue weighted by atomic mass is 79.9. The van der Waals surface area contributed by atoms with Gasteiger partial charge in [-0.2, -0.15) is 0 Å². The number of nitrogens with zero attached hydrogens (tertiary/aromatic N) is 2. The minimum absolute atomic E-state index is 0.462. The Balaban J connectivity index is 1.15. The molecular weight excluding hydrogens is 745 g/mol. The zero-order chi connectivity index (χ0) is 37.0. The van der Waals surface area contributed by atoms with Crippen molar-refractivity contribution in [3.05, 3.63) is 227 Å². The zero-order valence-corrected chi connectivity index (χ0v) is 31.9. The molecule has 2 aliphatic rings. The highest BCUT2D eigenvalue weighted by molar-refractivity contribution is 9.10. The smallest absolute Gasteiger partial charge is 0.0726 e. The van der Waals surface area contributed by atoms with E-state index < -0.39 is 5.41 Å². The Kier molecular flexibility index (Phi) is 6.73. The number of halogens is 1. The Morgan fingerprint density at radius 2 is 0.929 bits per heavy atom. The number of rotatable bonds is 4. The average molecular weight is 778 g/mol. The summed E-state index contributed by atoms with van der Waals surface area (Å²) in [5.41, 5.74) is 16.9. The number of benzene rings is 9. The van der Waals surface area contributed by atoms with E-state index in [0.717, 1.165) is 27.2 Å². The monoisotopic (exact) mass is 776 g/mol. The number of hydrogen-bond donors (Lipinski definition) is 0. The molecule has 12 rings (SSSR count). The topological polar surface area (TPSA) is 8.17 Å². The molecule has 0 N–H and O–H groups in total. The first-order valence-electron chi connectivity index (χ1n) is 19.2. The van der Waals surface area contributed by atoms with Crippen LogP contribution in [0.4, 0.5) is 17.1 Å². The summed E-state index contributed by atoms with van der Waals surface area (Å²) in [5, 5.41) is 4.92. The maximum atomic E-state index is 3.88. The lowest BCUT2D eigenvalue weighted by Gasteiger charge is -2.32. The minimum atomic E-state index is -0.462. The first kappa shape index (κ1) is 31.6. The molecule has 1 aromatic heterocycles. The number of anilines is 3. The van der Waals surface area contributed by atoms with Gasteiger partial charge in [-0.1, -0.05) is 149 Å². The molecule has 0 radical (unpaired) electrons. The highest BCUT2D eigenvalue weighted by Gasteiger charge is 2.51. The van der Waals surface area contributed by atoms with E-state index in [-0.39, 0.29) is 0 Å². The Morgan fingerprint density at radius 3 is 1.73 bits per heavy atom. The van der Waals surface area contributed by atoms with Gasteiger partial charge in [0.25, 0.3) is 0 Å². The molecule has 2 nitrogen and oxygen atoms in total. The minimum Gasteiger partial charge on any atom is -0.310 e. The quantitative estimate of drug-likeness (QED) is 0.173. The molecule has 1 unspecified atom stereocenters. The van der Waals surface area contributed by atoms with Gasteiger partial charge in [-0.3, -0.25) is 0 Å². The lowest BCUT2D eigenvalue weighted by Crippen LogP contribution is -2.26. The summed E-state index contributed by atoms with van der Waals surface area (Å²) in [6.45, 7) is 0. The van der Waals surface area contributed by atoms with Crippen molar-refractivity contribution in [3.63, 3.8) is 0 Å². The summed E-state index contributed by atoms with van der Waals surface area (Å²) in [6, 6.07) is 74.0. The van der Waals surface area contributed by atoms with Crippen LogP contribution in [0, 0.1) is 0 Å². The second kappa shape index (κ2) is 11.9. The summed E-state index contributed by atoms with van der Waals surface area (Å²) < 4.78 is 3.50. The van der Waals surface area contributed by atoms with E-state index >= 15 is 0 Å². The third-order valence-electron chi connectivity index (χ3n) is 12.2. The van der Waals surface area contributed by atoms with Gasteiger partial charge in [-0.25, -0.2) is 0 Å². The molecule has 0 saturated heterocycles. The molecule has 0 bridgehead atoms. The van der Waals surface area contributed by atoms with Crippen LogP contribution in [0.1, 0.15) is 22.3 Å². The molecule has 1 heterocycles. The summed E-state index contributed by atoms with van der Waals surface area (Å²) in [7, 11) is 0. The third-order valence-corrected chi connectivity index (χ3v) is 12.7. The summed E-state index contributed by atoms with van der Waals surface area (Å²) >= 11 is 3.88. The molecule has 1 atom stereocenters. The summed E-state index contributed by atoms with van der Waals surface area (Å²) in [6.07, 6.45) is 0. The fourth-order valence-corrected chi connectivity index (χ4v) is 10.3. The molecule has 2 aliphatic carbocycles. The van der Waals surface area contributed by atoms with Crippen LogP contribution in [0.3, 0.4) is 0 Å². The van der Waals surface area contributed by atoms with Gasteiger partial charge in [0, 0.05) is 38.0 Å². The van der Waals surface area contributed by atoms with Crippen LogP contribution in [0.25, 0.3) is 60.5 Å². The van der Waals surface area contributed by atoms with E-state index in [4.69, 9.17) is 0 Å². The molecule has 56 heavy (non-hydrogen) atoms. The molecule has 0 amide bonds. The van der Waals surface area contributed by atoms with Gasteiger partial charge >= 0.3 is 0 Å². The van der Waals surface area contributed by atoms with Crippen LogP contribution in [0.5, 0.6) is 0 Å². The van der Waals surface area contributed by atoms with Gasteiger partial charge in [0.1, 0.15) is 0 Å². The summed E-state index contributed by atoms with van der Waals surface area (Å²) in [5.74, 6) is 0. The molecular formula is C53H33BrN2. The molecule has 0 fully saturated rings. The Hall–Kier alpha value is -6.68. The Labute approximate surface area is 333 Å². The second-order valence-electron chi connectivity index (χ2n) is 15.0. The maximum absolute atomic E-state index is 3.88. The molecule has 3 heteroatoms. The predicted octanol–water partition coefficient (Wildman–Crippen LogP) is 14.5. The number of para-hydroxylation sites is 2. The lowest BCUT2D eigenvalue weighted by atomic mass is 9.70. The fraction of sp³-hybridized carbons (Fsp3) is 0.0189. The lowest BCUT2D eigenvalue weighted by molar-refractivity contribution is 0.793. The predicted molar refractivity (Wildman–Crippen MR) is 237 cm³/mol. The van der Waals surface area contributed by atoms with Crippen molar-refractivity contribution < 1.29 is 0 Å². The summed E-state index contributed by atoms with van der Waals surface area (Å²) in [4.78, 5) is 2.46. The van der Waals surface area contributed by atoms with Crippen LogP contribution < -0.4 is 4.90 Å². The number of fused-ring (bicyclic) bond motifs is 14. The van der Waals surface area contributed by atoms with Crippen LogP contribution in [0.2, 0.25) is 0 Å². The third kappa shape index (κ3) is 4.32. The van der Waals surface area contributed by atoms with Gasteiger partial charge in [-0.15, -0.1) is 0 Å². The molecule has 262 valence electrons. The van der Waals surface area contributed by atoms with Gasteiger partial charge in [-0.05, 0) is 122 Å². The van der Waals surface area contributed by atoms with Crippen LogP contribution in [0.15, 0.2) is 205 Å². The fourth-order valence-electron chi connectivity index (χ4n) is 9.95. The molecule has 0 saturated carbocycles. The van der Waals surface area contributed by atoms with Crippen molar-refractivity contribution in [2.24, 2.45) is 0 Å². The number of hydrogen-bond acceptors (Lipinski definition) is 1. The number of aromatic nitrogens is 1. The van der Waals surface area contributed by atoms with Crippen molar-refractivity contribution in [2.45, 2.75) is 5.41 Å². The first-order valence-corrected chi connectivity index (χ1v) is 20.0. The Morgan fingerprint density at radius 1 is 0.375 bits per heavy atom. The van der Waals surface area contributed by atoms with E-state index in [0.29, 0.717) is 0 Å². The largest absolute Gasteiger partial charge is 0.310 e. The van der Waals surface area contributed by atoms with Crippen LogP contribution >= 0.6 is 15.9 Å². The maximum Gasteiger partial charge on any atom is 0.0726 e. The Bertz CT molecular complexity index is 3220. The molecule has 10 aromatic rings. The first-order chi connectivity index (χ1) is 27.7. The van der Waals surface area contributed by atoms with E-state index in [9.17, 15) is 0 Å². The average Bonchev–Trinajstić information content (AvgIpc) is 3.85. The molecule has 0 aliphatic heterocycles. The van der Waals surface area contributed by atoms with Crippen molar-refractivity contribution in [2.75, 3.05) is 4.90 Å². The van der Waals surface area contributed by atoms with Crippen molar-refractivity contribution in [1.29, 1.82) is 0 Å². The van der Waals surface area contributed by atoms with Crippen molar-refractivity contribution in [3.8, 4) is 27.9 Å². The van der Waals surface area contributed by atoms with E-state index in [2.05, 4.69) is 226 Å². The van der Waals surface area contributed by atoms with Gasteiger partial charge in [0.2, 0.25) is 0 Å². The van der Waals surface area contributed by atoms with E-state index in [1.165, 1.54) is 77.1 Å². The van der Waals surface area contributed by atoms with Gasteiger partial charge in [0.05, 0.1) is 16.4 Å². The van der Waals surface area contributed by atoms with Crippen molar-refractivity contribution in [1.82, 2.24) is 4.57 Å². The molecule has 9 aromatic carbocycles. The zero-order valence-electron chi connectivity index (χ0n) is 30.3. The highest BCUT2D eigenvalue weighted by Crippen LogP contribution is 2.63. The van der Waals surface area contributed by atoms with Crippen molar-refractivity contribution >= 4 is 65.6 Å². The van der Waals surface area contributed by atoms with E-state index in [1.54, 1.807) is 0 Å². The van der Waals surface area contributed by atoms with Crippen LogP contribution in [-0.4, -0.2) is 4.57 Å². The SMILES string of the molecule is Brc1ccc2c(c1)C1(c3ccccc3-2)c2ccccc2-c2ccc(N(c3ccc4ccccc4c3)c3ccc4c5ccccc5n(-c5ccccc5)c4c3)cc21. The molecule has 1 spiro atoms. The van der Waals surface area contributed by atoms with Crippen LogP contribution in [-0.2, 0) is 5.41 Å². The van der Waals surface area contributed by atoms with Gasteiger partial charge in [0.15, 0.2) is 0 Å².